The van der Waals surface area contributed by atoms with E-state index in [-0.39, 0.29) is 17.4 Å². The Morgan fingerprint density at radius 3 is 2.54 bits per heavy atom. The van der Waals surface area contributed by atoms with Crippen LogP contribution in [0, 0.1) is 0 Å². The predicted octanol–water partition coefficient (Wildman–Crippen LogP) is 2.20. The summed E-state index contributed by atoms with van der Waals surface area (Å²) in [6.45, 7) is 3.46. The van der Waals surface area contributed by atoms with Gasteiger partial charge >= 0.3 is 0 Å². The zero-order chi connectivity index (χ0) is 17.3. The molecule has 0 amide bonds. The van der Waals surface area contributed by atoms with Crippen molar-refractivity contribution in [3.05, 3.63) is 48.7 Å². The second kappa shape index (κ2) is 7.53. The van der Waals surface area contributed by atoms with Crippen LogP contribution in [0.2, 0.25) is 0 Å². The number of rotatable bonds is 4. The van der Waals surface area contributed by atoms with Crippen LogP contribution in [0.1, 0.15) is 0 Å². The highest BCUT2D eigenvalue weighted by Crippen LogP contribution is 2.27. The third-order valence-electron chi connectivity index (χ3n) is 4.23. The summed E-state index contributed by atoms with van der Waals surface area (Å²) in [5, 5.41) is 4.27. The van der Waals surface area contributed by atoms with Gasteiger partial charge < -0.3 is 15.2 Å². The van der Waals surface area contributed by atoms with Crippen molar-refractivity contribution < 1.29 is 8.42 Å². The minimum Gasteiger partial charge on any atom is -0.352 e. The number of para-hydroxylation sites is 1. The second-order valence-corrected chi connectivity index (χ2v) is 7.59. The van der Waals surface area contributed by atoms with Crippen LogP contribution in [0.25, 0.3) is 10.9 Å². The summed E-state index contributed by atoms with van der Waals surface area (Å²) in [5.41, 5.74) is 1.28. The fraction of sp³-hybridized carbons (Fsp3) is 0.235. The van der Waals surface area contributed by atoms with Gasteiger partial charge in [0.15, 0.2) is 10.8 Å². The number of hydrogen-bond donors (Lipinski definition) is 3. The normalized spacial score (nSPS) is 14.8. The molecule has 1 aromatic carbocycles. The first-order chi connectivity index (χ1) is 12.1. The molecule has 3 N–H and O–H groups in total. The lowest BCUT2D eigenvalue weighted by Gasteiger charge is -2.28. The standard InChI is InChI=1S/C17H19N5O2S.ClH/c23-25(24,21-14-4-2-1-3-5-14)15-12-13-6-7-19-17(16(13)20-15)22-10-8-18-9-11-22;/h1-7,12,18,20-21H,8-11H2;1H. The number of H-pyrrole nitrogens is 1. The van der Waals surface area contributed by atoms with Crippen molar-refractivity contribution in [2.75, 3.05) is 35.8 Å². The molecule has 138 valence electrons. The molecule has 3 heterocycles. The quantitative estimate of drug-likeness (QED) is 0.632. The molecule has 1 saturated heterocycles. The van der Waals surface area contributed by atoms with E-state index in [1.165, 1.54) is 0 Å². The summed E-state index contributed by atoms with van der Waals surface area (Å²) in [6, 6.07) is 12.3. The number of anilines is 2. The number of halogens is 1. The van der Waals surface area contributed by atoms with Crippen LogP contribution in [0.4, 0.5) is 11.5 Å². The Kier molecular flexibility index (Phi) is 5.36. The highest BCUT2D eigenvalue weighted by Gasteiger charge is 2.21. The first-order valence-electron chi connectivity index (χ1n) is 8.15. The number of aromatic nitrogens is 2. The summed E-state index contributed by atoms with van der Waals surface area (Å²) in [4.78, 5) is 9.67. The summed E-state index contributed by atoms with van der Waals surface area (Å²) in [6.07, 6.45) is 1.72. The van der Waals surface area contributed by atoms with Crippen molar-refractivity contribution in [1.82, 2.24) is 15.3 Å². The highest BCUT2D eigenvalue weighted by atomic mass is 35.5. The molecule has 0 spiro atoms. The Labute approximate surface area is 158 Å². The zero-order valence-electron chi connectivity index (χ0n) is 14.0. The molecule has 1 fully saturated rings. The maximum absolute atomic E-state index is 12.7. The molecule has 26 heavy (non-hydrogen) atoms. The Bertz CT molecular complexity index is 985. The molecular weight excluding hydrogens is 374 g/mol. The van der Waals surface area contributed by atoms with Gasteiger partial charge in [-0.3, -0.25) is 4.72 Å². The van der Waals surface area contributed by atoms with Crippen molar-refractivity contribution in [3.63, 3.8) is 0 Å². The van der Waals surface area contributed by atoms with E-state index >= 15 is 0 Å². The van der Waals surface area contributed by atoms with E-state index in [9.17, 15) is 8.42 Å². The molecule has 0 saturated carbocycles. The molecule has 0 aliphatic carbocycles. The van der Waals surface area contributed by atoms with Crippen molar-refractivity contribution >= 4 is 44.8 Å². The van der Waals surface area contributed by atoms with Gasteiger partial charge in [-0.05, 0) is 24.3 Å². The number of sulfonamides is 1. The van der Waals surface area contributed by atoms with Crippen molar-refractivity contribution in [2.45, 2.75) is 5.03 Å². The summed E-state index contributed by atoms with van der Waals surface area (Å²) >= 11 is 0. The van der Waals surface area contributed by atoms with Gasteiger partial charge in [-0.1, -0.05) is 18.2 Å². The van der Waals surface area contributed by atoms with Gasteiger partial charge in [-0.2, -0.15) is 8.42 Å². The highest BCUT2D eigenvalue weighted by molar-refractivity contribution is 7.92. The van der Waals surface area contributed by atoms with Crippen LogP contribution in [0.5, 0.6) is 0 Å². The third-order valence-corrected chi connectivity index (χ3v) is 5.53. The average Bonchev–Trinajstić information content (AvgIpc) is 3.08. The zero-order valence-corrected chi connectivity index (χ0v) is 15.6. The van der Waals surface area contributed by atoms with Gasteiger partial charge in [0.05, 0.1) is 5.52 Å². The van der Waals surface area contributed by atoms with Crippen LogP contribution in [-0.2, 0) is 10.0 Å². The summed E-state index contributed by atoms with van der Waals surface area (Å²) < 4.78 is 27.9. The molecule has 1 aliphatic heterocycles. The molecule has 0 unspecified atom stereocenters. The molecule has 7 nitrogen and oxygen atoms in total. The smallest absolute Gasteiger partial charge is 0.277 e. The monoisotopic (exact) mass is 393 g/mol. The molecular formula is C17H20ClN5O2S. The van der Waals surface area contributed by atoms with Crippen molar-refractivity contribution in [2.24, 2.45) is 0 Å². The average molecular weight is 394 g/mol. The fourth-order valence-corrected chi connectivity index (χ4v) is 4.07. The lowest BCUT2D eigenvalue weighted by Crippen LogP contribution is -2.44. The maximum Gasteiger partial charge on any atom is 0.277 e. The van der Waals surface area contributed by atoms with Crippen molar-refractivity contribution in [3.8, 4) is 0 Å². The lowest BCUT2D eigenvalue weighted by atomic mass is 10.3. The summed E-state index contributed by atoms with van der Waals surface area (Å²) in [7, 11) is -3.69. The maximum atomic E-state index is 12.7. The van der Waals surface area contributed by atoms with Crippen LogP contribution in [-0.4, -0.2) is 44.6 Å². The predicted molar refractivity (Wildman–Crippen MR) is 106 cm³/mol. The van der Waals surface area contributed by atoms with E-state index in [0.717, 1.165) is 42.9 Å². The number of piperazine rings is 1. The number of aromatic amines is 1. The SMILES string of the molecule is Cl.O=S(=O)(Nc1ccccc1)c1cc2ccnc(N3CCNCC3)c2[nH]1. The Balaban J connectivity index is 0.00000196. The fourth-order valence-electron chi connectivity index (χ4n) is 2.99. The number of fused-ring (bicyclic) bond motifs is 1. The minimum absolute atomic E-state index is 0. The van der Waals surface area contributed by atoms with Crippen LogP contribution >= 0.6 is 12.4 Å². The number of nitrogens with one attached hydrogen (secondary N) is 3. The topological polar surface area (TPSA) is 90.1 Å². The third kappa shape index (κ3) is 3.62. The van der Waals surface area contributed by atoms with E-state index in [1.54, 1.807) is 36.5 Å². The first kappa shape index (κ1) is 18.5. The summed E-state index contributed by atoms with van der Waals surface area (Å²) in [5.74, 6) is 0.792. The Morgan fingerprint density at radius 2 is 1.81 bits per heavy atom. The lowest BCUT2D eigenvalue weighted by molar-refractivity contribution is 0.586. The molecule has 0 bridgehead atoms. The molecule has 1 aliphatic rings. The minimum atomic E-state index is -3.69. The largest absolute Gasteiger partial charge is 0.352 e. The first-order valence-corrected chi connectivity index (χ1v) is 9.63. The number of pyridine rings is 1. The van der Waals surface area contributed by atoms with E-state index in [4.69, 9.17) is 0 Å². The molecule has 9 heteroatoms. The van der Waals surface area contributed by atoms with Crippen LogP contribution < -0.4 is 14.9 Å². The number of nitrogens with zero attached hydrogens (tertiary/aromatic N) is 2. The Hall–Kier alpha value is -2.29. The van der Waals surface area contributed by atoms with Gasteiger partial charge in [0.2, 0.25) is 0 Å². The van der Waals surface area contributed by atoms with Gasteiger partial charge in [-0.25, -0.2) is 4.98 Å². The number of hydrogen-bond acceptors (Lipinski definition) is 5. The van der Waals surface area contributed by atoms with Crippen LogP contribution in [0.3, 0.4) is 0 Å². The van der Waals surface area contributed by atoms with Crippen LogP contribution in [0.15, 0.2) is 53.7 Å². The van der Waals surface area contributed by atoms with Gasteiger partial charge in [0.25, 0.3) is 10.0 Å². The molecule has 4 rings (SSSR count). The van der Waals surface area contributed by atoms with Gasteiger partial charge in [0, 0.05) is 43.4 Å². The van der Waals surface area contributed by atoms with Crippen molar-refractivity contribution in [1.29, 1.82) is 0 Å². The van der Waals surface area contributed by atoms with E-state index < -0.39 is 10.0 Å². The molecule has 0 atom stereocenters. The van der Waals surface area contributed by atoms with E-state index in [1.807, 2.05) is 12.1 Å². The number of benzene rings is 1. The molecule has 2 aromatic heterocycles. The van der Waals surface area contributed by atoms with Gasteiger partial charge in [-0.15, -0.1) is 12.4 Å². The van der Waals surface area contributed by atoms with E-state index in [0.29, 0.717) is 5.69 Å². The molecule has 3 aromatic rings. The molecule has 0 radical (unpaired) electrons. The second-order valence-electron chi connectivity index (χ2n) is 5.94. The van der Waals surface area contributed by atoms with Gasteiger partial charge in [0.1, 0.15) is 0 Å². The van der Waals surface area contributed by atoms with E-state index in [2.05, 4.69) is 24.9 Å². The Morgan fingerprint density at radius 1 is 1.08 bits per heavy atom.